The standard InChI is InChI=1S/C16H22N4O/c1-10-3-2-4-11(7-10)9-18-16(21)15-13-8-12(17)5-6-14(13)19-20-15/h5-6,8,10-11H,2-4,7,9,17H2,1H3,(H,18,21)(H,19,20). The first-order valence-corrected chi connectivity index (χ1v) is 7.65. The van der Waals surface area contributed by atoms with Crippen LogP contribution in [-0.4, -0.2) is 22.6 Å². The van der Waals surface area contributed by atoms with Gasteiger partial charge in [0, 0.05) is 17.6 Å². The highest BCUT2D eigenvalue weighted by Crippen LogP contribution is 2.28. The summed E-state index contributed by atoms with van der Waals surface area (Å²) >= 11 is 0. The van der Waals surface area contributed by atoms with Crippen molar-refractivity contribution in [2.45, 2.75) is 32.6 Å². The lowest BCUT2D eigenvalue weighted by Crippen LogP contribution is -2.31. The topological polar surface area (TPSA) is 83.8 Å². The average Bonchev–Trinajstić information content (AvgIpc) is 2.88. The minimum Gasteiger partial charge on any atom is -0.399 e. The predicted octanol–water partition coefficient (Wildman–Crippen LogP) is 2.70. The van der Waals surface area contributed by atoms with Crippen LogP contribution in [0.3, 0.4) is 0 Å². The molecule has 0 aliphatic heterocycles. The van der Waals surface area contributed by atoms with Gasteiger partial charge in [0.1, 0.15) is 0 Å². The highest BCUT2D eigenvalue weighted by molar-refractivity contribution is 6.05. The van der Waals surface area contributed by atoms with E-state index in [0.29, 0.717) is 17.3 Å². The molecule has 1 heterocycles. The van der Waals surface area contributed by atoms with Gasteiger partial charge in [-0.1, -0.05) is 19.8 Å². The number of nitrogens with two attached hydrogens (primary N) is 1. The van der Waals surface area contributed by atoms with Crippen LogP contribution in [0.4, 0.5) is 5.69 Å². The smallest absolute Gasteiger partial charge is 0.272 e. The van der Waals surface area contributed by atoms with Gasteiger partial charge in [0.25, 0.3) is 5.91 Å². The Morgan fingerprint density at radius 1 is 1.48 bits per heavy atom. The fraction of sp³-hybridized carbons (Fsp3) is 0.500. The fourth-order valence-corrected chi connectivity index (χ4v) is 3.27. The molecular formula is C16H22N4O. The van der Waals surface area contributed by atoms with E-state index in [2.05, 4.69) is 22.4 Å². The van der Waals surface area contributed by atoms with E-state index in [1.165, 1.54) is 25.7 Å². The van der Waals surface area contributed by atoms with Gasteiger partial charge in [-0.15, -0.1) is 0 Å². The number of H-pyrrole nitrogens is 1. The summed E-state index contributed by atoms with van der Waals surface area (Å²) in [6, 6.07) is 5.43. The van der Waals surface area contributed by atoms with Crippen LogP contribution in [0.2, 0.25) is 0 Å². The SMILES string of the molecule is CC1CCCC(CNC(=O)c2n[nH]c3ccc(N)cc23)C1. The number of carbonyl (C=O) groups excluding carboxylic acids is 1. The Kier molecular flexibility index (Phi) is 3.82. The second-order valence-electron chi connectivity index (χ2n) is 6.23. The maximum Gasteiger partial charge on any atom is 0.272 e. The van der Waals surface area contributed by atoms with Gasteiger partial charge in [-0.2, -0.15) is 5.10 Å². The van der Waals surface area contributed by atoms with Gasteiger partial charge in [0.15, 0.2) is 5.69 Å². The van der Waals surface area contributed by atoms with Crippen LogP contribution in [-0.2, 0) is 0 Å². The van der Waals surface area contributed by atoms with Crippen LogP contribution < -0.4 is 11.1 Å². The van der Waals surface area contributed by atoms with Gasteiger partial charge in [0.2, 0.25) is 0 Å². The summed E-state index contributed by atoms with van der Waals surface area (Å²) < 4.78 is 0. The lowest BCUT2D eigenvalue weighted by Gasteiger charge is -2.26. The maximum atomic E-state index is 12.3. The van der Waals surface area contributed by atoms with Gasteiger partial charge < -0.3 is 11.1 Å². The number of carbonyl (C=O) groups is 1. The Hall–Kier alpha value is -2.04. The molecular weight excluding hydrogens is 264 g/mol. The van der Waals surface area contributed by atoms with E-state index in [0.717, 1.165) is 23.4 Å². The number of nitrogen functional groups attached to an aromatic ring is 1. The monoisotopic (exact) mass is 286 g/mol. The minimum absolute atomic E-state index is 0.120. The van der Waals surface area contributed by atoms with Gasteiger partial charge in [-0.25, -0.2) is 0 Å². The third-order valence-corrected chi connectivity index (χ3v) is 4.40. The molecule has 112 valence electrons. The predicted molar refractivity (Wildman–Crippen MR) is 84.0 cm³/mol. The van der Waals surface area contributed by atoms with Crippen molar-refractivity contribution in [1.29, 1.82) is 0 Å². The van der Waals surface area contributed by atoms with Crippen molar-refractivity contribution in [3.63, 3.8) is 0 Å². The largest absolute Gasteiger partial charge is 0.399 e. The van der Waals surface area contributed by atoms with E-state index in [-0.39, 0.29) is 5.91 Å². The molecule has 0 spiro atoms. The maximum absolute atomic E-state index is 12.3. The fourth-order valence-electron chi connectivity index (χ4n) is 3.27. The summed E-state index contributed by atoms with van der Waals surface area (Å²) in [5.41, 5.74) is 7.69. The number of amides is 1. The Balaban J connectivity index is 1.68. The first-order valence-electron chi connectivity index (χ1n) is 7.65. The Bertz CT molecular complexity index is 649. The second-order valence-corrected chi connectivity index (χ2v) is 6.23. The van der Waals surface area contributed by atoms with Crippen LogP contribution in [0.1, 0.15) is 43.1 Å². The highest BCUT2D eigenvalue weighted by atomic mass is 16.1. The number of benzene rings is 1. The molecule has 1 aliphatic carbocycles. The van der Waals surface area contributed by atoms with Crippen molar-refractivity contribution >= 4 is 22.5 Å². The second kappa shape index (κ2) is 5.76. The number of hydrogen-bond donors (Lipinski definition) is 3. The molecule has 3 rings (SSSR count). The summed E-state index contributed by atoms with van der Waals surface area (Å²) in [5, 5.41) is 10.8. The minimum atomic E-state index is -0.120. The van der Waals surface area contributed by atoms with E-state index >= 15 is 0 Å². The number of nitrogens with zero attached hydrogens (tertiary/aromatic N) is 1. The first-order chi connectivity index (χ1) is 10.1. The van der Waals surface area contributed by atoms with Crippen molar-refractivity contribution in [1.82, 2.24) is 15.5 Å². The first kappa shape index (κ1) is 13.9. The molecule has 0 radical (unpaired) electrons. The van der Waals surface area contributed by atoms with E-state index in [9.17, 15) is 4.79 Å². The molecule has 1 aliphatic rings. The van der Waals surface area contributed by atoms with E-state index in [1.54, 1.807) is 12.1 Å². The molecule has 1 fully saturated rings. The van der Waals surface area contributed by atoms with E-state index in [4.69, 9.17) is 5.73 Å². The van der Waals surface area contributed by atoms with Gasteiger partial charge in [0.05, 0.1) is 5.52 Å². The number of fused-ring (bicyclic) bond motifs is 1. The molecule has 1 aromatic carbocycles. The zero-order valence-corrected chi connectivity index (χ0v) is 12.4. The number of hydrogen-bond acceptors (Lipinski definition) is 3. The molecule has 2 unspecified atom stereocenters. The summed E-state index contributed by atoms with van der Waals surface area (Å²) in [6.45, 7) is 3.03. The molecule has 4 N–H and O–H groups in total. The van der Waals surface area contributed by atoms with E-state index in [1.807, 2.05) is 6.07 Å². The third kappa shape index (κ3) is 3.01. The lowest BCUT2D eigenvalue weighted by atomic mass is 9.82. The van der Waals surface area contributed by atoms with Crippen LogP contribution in [0, 0.1) is 11.8 Å². The molecule has 21 heavy (non-hydrogen) atoms. The third-order valence-electron chi connectivity index (χ3n) is 4.40. The van der Waals surface area contributed by atoms with E-state index < -0.39 is 0 Å². The number of anilines is 1. The molecule has 1 amide bonds. The summed E-state index contributed by atoms with van der Waals surface area (Å²) in [5.74, 6) is 1.24. The quantitative estimate of drug-likeness (QED) is 0.758. The van der Waals surface area contributed by atoms with Gasteiger partial charge in [-0.3, -0.25) is 9.89 Å². The van der Waals surface area contributed by atoms with Crippen LogP contribution >= 0.6 is 0 Å². The number of nitrogens with one attached hydrogen (secondary N) is 2. The molecule has 2 atom stereocenters. The molecule has 2 aromatic rings. The average molecular weight is 286 g/mol. The molecule has 0 bridgehead atoms. The van der Waals surface area contributed by atoms with Crippen molar-refractivity contribution in [2.24, 2.45) is 11.8 Å². The normalized spacial score (nSPS) is 22.3. The Morgan fingerprint density at radius 2 is 2.33 bits per heavy atom. The lowest BCUT2D eigenvalue weighted by molar-refractivity contribution is 0.0937. The summed E-state index contributed by atoms with van der Waals surface area (Å²) in [6.07, 6.45) is 4.99. The summed E-state index contributed by atoms with van der Waals surface area (Å²) in [7, 11) is 0. The van der Waals surface area contributed by atoms with Gasteiger partial charge >= 0.3 is 0 Å². The number of aromatic amines is 1. The van der Waals surface area contributed by atoms with Crippen LogP contribution in [0.15, 0.2) is 18.2 Å². The molecule has 1 aromatic heterocycles. The van der Waals surface area contributed by atoms with Crippen molar-refractivity contribution in [3.8, 4) is 0 Å². The van der Waals surface area contributed by atoms with Crippen LogP contribution in [0.25, 0.3) is 10.9 Å². The Labute approximate surface area is 124 Å². The number of rotatable bonds is 3. The van der Waals surface area contributed by atoms with Crippen LogP contribution in [0.5, 0.6) is 0 Å². The van der Waals surface area contributed by atoms with Crippen molar-refractivity contribution in [2.75, 3.05) is 12.3 Å². The van der Waals surface area contributed by atoms with Gasteiger partial charge in [-0.05, 0) is 42.9 Å². The molecule has 5 heteroatoms. The Morgan fingerprint density at radius 3 is 3.14 bits per heavy atom. The van der Waals surface area contributed by atoms with Crippen molar-refractivity contribution < 1.29 is 4.79 Å². The highest BCUT2D eigenvalue weighted by Gasteiger charge is 2.20. The summed E-state index contributed by atoms with van der Waals surface area (Å²) in [4.78, 5) is 12.3. The van der Waals surface area contributed by atoms with Crippen molar-refractivity contribution in [3.05, 3.63) is 23.9 Å². The molecule has 0 saturated heterocycles. The molecule has 1 saturated carbocycles. The number of aromatic nitrogens is 2. The zero-order valence-electron chi connectivity index (χ0n) is 12.4. The molecule has 5 nitrogen and oxygen atoms in total. The zero-order chi connectivity index (χ0) is 14.8.